The van der Waals surface area contributed by atoms with Crippen molar-refractivity contribution in [1.29, 1.82) is 0 Å². The summed E-state index contributed by atoms with van der Waals surface area (Å²) in [5.74, 6) is 0.351. The van der Waals surface area contributed by atoms with Crippen molar-refractivity contribution in [3.63, 3.8) is 0 Å². The molecule has 0 saturated heterocycles. The van der Waals surface area contributed by atoms with Gasteiger partial charge in [-0.1, -0.05) is 11.3 Å². The van der Waals surface area contributed by atoms with E-state index < -0.39 is 10.8 Å². The average molecular weight is 500 g/mol. The molecule has 12 heteroatoms. The van der Waals surface area contributed by atoms with E-state index in [4.69, 9.17) is 14.2 Å². The maximum absolute atomic E-state index is 13.0. The summed E-state index contributed by atoms with van der Waals surface area (Å²) in [7, 11) is 1.32. The van der Waals surface area contributed by atoms with Crippen LogP contribution in [0.15, 0.2) is 41.4 Å². The Balaban J connectivity index is 1.58. The number of nitro benzene ring substituents is 1. The zero-order valence-corrected chi connectivity index (χ0v) is 19.4. The topological polar surface area (TPSA) is 122 Å². The third-order valence-electron chi connectivity index (χ3n) is 5.23. The molecule has 0 bridgehead atoms. The van der Waals surface area contributed by atoms with Gasteiger partial charge in [-0.3, -0.25) is 19.7 Å². The van der Waals surface area contributed by atoms with E-state index in [1.165, 1.54) is 41.9 Å². The van der Waals surface area contributed by atoms with Crippen LogP contribution >= 0.6 is 22.7 Å². The number of hydrogen-bond donors (Lipinski definition) is 0. The molecule has 3 heterocycles. The number of ether oxygens (including phenoxy) is 3. The number of amides is 1. The number of carbonyl (C=O) groups excluding carboxylic acids is 2. The molecule has 4 aromatic rings. The van der Waals surface area contributed by atoms with Gasteiger partial charge >= 0.3 is 5.97 Å². The predicted octanol–water partition coefficient (Wildman–Crippen LogP) is 3.90. The number of nitro groups is 1. The largest absolute Gasteiger partial charge is 0.486 e. The number of nitrogens with zero attached hydrogens (tertiary/aromatic N) is 3. The van der Waals surface area contributed by atoms with Crippen molar-refractivity contribution in [3.05, 3.63) is 56.2 Å². The number of methoxy groups -OCH3 is 1. The lowest BCUT2D eigenvalue weighted by Gasteiger charge is -2.18. The van der Waals surface area contributed by atoms with Crippen LogP contribution in [0.4, 0.5) is 5.69 Å². The highest BCUT2D eigenvalue weighted by atomic mass is 32.1. The quantitative estimate of drug-likeness (QED) is 0.232. The highest BCUT2D eigenvalue weighted by Gasteiger charge is 2.18. The Bertz CT molecular complexity index is 1530. The number of rotatable bonds is 5. The second-order valence-electron chi connectivity index (χ2n) is 7.33. The summed E-state index contributed by atoms with van der Waals surface area (Å²) >= 11 is 2.51. The van der Waals surface area contributed by atoms with Gasteiger partial charge in [-0.25, -0.2) is 0 Å². The molecule has 0 aliphatic carbocycles. The Hall–Kier alpha value is -3.77. The number of hydrogen-bond acceptors (Lipinski definition) is 9. The molecular weight excluding hydrogens is 482 g/mol. The van der Waals surface area contributed by atoms with Gasteiger partial charge < -0.3 is 18.8 Å². The van der Waals surface area contributed by atoms with Gasteiger partial charge in [0.15, 0.2) is 16.3 Å². The highest BCUT2D eigenvalue weighted by Crippen LogP contribution is 2.36. The van der Waals surface area contributed by atoms with Crippen LogP contribution in [0.5, 0.6) is 11.5 Å². The SMILES string of the molecule is COC(=O)CCn1c(=NC(=O)c2cc3cc([N+](=O)[O-])ccc3s2)sc2cc3c(cc21)OCCO3. The number of thiophene rings is 1. The molecule has 34 heavy (non-hydrogen) atoms. The summed E-state index contributed by atoms with van der Waals surface area (Å²) in [6, 6.07) is 9.72. The third kappa shape index (κ3) is 4.13. The van der Waals surface area contributed by atoms with Crippen LogP contribution in [0.25, 0.3) is 20.3 Å². The van der Waals surface area contributed by atoms with Gasteiger partial charge in [0, 0.05) is 40.9 Å². The van der Waals surface area contributed by atoms with Crippen molar-refractivity contribution < 1.29 is 28.7 Å². The zero-order valence-electron chi connectivity index (χ0n) is 17.8. The fourth-order valence-corrected chi connectivity index (χ4v) is 5.60. The number of esters is 1. The van der Waals surface area contributed by atoms with Crippen LogP contribution in [-0.4, -0.2) is 41.7 Å². The molecule has 10 nitrogen and oxygen atoms in total. The molecule has 1 amide bonds. The molecule has 0 fully saturated rings. The Kier molecular flexibility index (Phi) is 5.75. The van der Waals surface area contributed by atoms with E-state index in [2.05, 4.69) is 4.99 Å². The Morgan fingerprint density at radius 1 is 1.12 bits per heavy atom. The van der Waals surface area contributed by atoms with Gasteiger partial charge in [-0.05, 0) is 12.1 Å². The summed E-state index contributed by atoms with van der Waals surface area (Å²) < 4.78 is 19.5. The summed E-state index contributed by atoms with van der Waals surface area (Å²) in [5.41, 5.74) is 0.719. The lowest BCUT2D eigenvalue weighted by Crippen LogP contribution is -2.19. The molecule has 0 atom stereocenters. The lowest BCUT2D eigenvalue weighted by atomic mass is 10.2. The number of thiazole rings is 1. The molecule has 0 saturated carbocycles. The highest BCUT2D eigenvalue weighted by molar-refractivity contribution is 7.21. The van der Waals surface area contributed by atoms with Crippen molar-refractivity contribution in [3.8, 4) is 11.5 Å². The van der Waals surface area contributed by atoms with Gasteiger partial charge in [-0.15, -0.1) is 11.3 Å². The number of fused-ring (bicyclic) bond motifs is 3. The Labute approximate surface area is 199 Å². The van der Waals surface area contributed by atoms with Gasteiger partial charge in [0.1, 0.15) is 13.2 Å². The fraction of sp³-hybridized carbons (Fsp3) is 0.227. The van der Waals surface area contributed by atoms with Crippen molar-refractivity contribution in [1.82, 2.24) is 4.57 Å². The van der Waals surface area contributed by atoms with Crippen molar-refractivity contribution >= 4 is 60.5 Å². The monoisotopic (exact) mass is 499 g/mol. The molecule has 1 aliphatic heterocycles. The van der Waals surface area contributed by atoms with E-state index in [0.717, 1.165) is 14.9 Å². The van der Waals surface area contributed by atoms with Gasteiger partial charge in [0.25, 0.3) is 11.6 Å². The van der Waals surface area contributed by atoms with Crippen molar-refractivity contribution in [2.24, 2.45) is 4.99 Å². The van der Waals surface area contributed by atoms with Crippen LogP contribution in [-0.2, 0) is 16.1 Å². The number of aromatic nitrogens is 1. The Morgan fingerprint density at radius 3 is 2.62 bits per heavy atom. The minimum atomic E-state index is -0.475. The first-order valence-electron chi connectivity index (χ1n) is 10.2. The third-order valence-corrected chi connectivity index (χ3v) is 7.38. The van der Waals surface area contributed by atoms with Crippen LogP contribution in [0.2, 0.25) is 0 Å². The predicted molar refractivity (Wildman–Crippen MR) is 126 cm³/mol. The van der Waals surface area contributed by atoms with Crippen LogP contribution in [0.3, 0.4) is 0 Å². The second-order valence-corrected chi connectivity index (χ2v) is 9.43. The van der Waals surface area contributed by atoms with Crippen LogP contribution in [0.1, 0.15) is 16.1 Å². The maximum Gasteiger partial charge on any atom is 0.307 e. The van der Waals surface area contributed by atoms with Gasteiger partial charge in [0.2, 0.25) is 0 Å². The van der Waals surface area contributed by atoms with Crippen molar-refractivity contribution in [2.45, 2.75) is 13.0 Å². The van der Waals surface area contributed by atoms with Crippen LogP contribution in [0, 0.1) is 10.1 Å². The van der Waals surface area contributed by atoms with E-state index in [1.807, 2.05) is 12.1 Å². The lowest BCUT2D eigenvalue weighted by molar-refractivity contribution is -0.384. The summed E-state index contributed by atoms with van der Waals surface area (Å²) in [5, 5.41) is 11.7. The fourth-order valence-electron chi connectivity index (χ4n) is 3.60. The summed E-state index contributed by atoms with van der Waals surface area (Å²) in [6.07, 6.45) is 0.102. The van der Waals surface area contributed by atoms with Crippen LogP contribution < -0.4 is 14.3 Å². The first kappa shape index (κ1) is 22.0. The molecule has 1 aliphatic rings. The second kappa shape index (κ2) is 8.88. The average Bonchev–Trinajstić information content (AvgIpc) is 3.41. The smallest absolute Gasteiger partial charge is 0.307 e. The Morgan fingerprint density at radius 2 is 1.88 bits per heavy atom. The van der Waals surface area contributed by atoms with Gasteiger partial charge in [-0.2, -0.15) is 4.99 Å². The van der Waals surface area contributed by atoms with Gasteiger partial charge in [0.05, 0.1) is 33.5 Å². The number of carbonyl (C=O) groups is 2. The normalized spacial score (nSPS) is 13.4. The standard InChI is InChI=1S/C22H17N3O7S2/c1-30-20(26)4-5-24-14-10-15-16(32-7-6-31-15)11-18(14)34-22(24)23-21(27)19-9-12-8-13(25(28)29)2-3-17(12)33-19/h2-3,8-11H,4-7H2,1H3. The molecule has 5 rings (SSSR count). The summed E-state index contributed by atoms with van der Waals surface area (Å²) in [4.78, 5) is 40.5. The number of aryl methyl sites for hydroxylation is 1. The molecule has 0 spiro atoms. The number of non-ortho nitro benzene ring substituents is 1. The van der Waals surface area contributed by atoms with E-state index in [-0.39, 0.29) is 24.6 Å². The first-order valence-corrected chi connectivity index (χ1v) is 11.8. The molecule has 174 valence electrons. The van der Waals surface area contributed by atoms with E-state index in [1.54, 1.807) is 16.7 Å². The minimum Gasteiger partial charge on any atom is -0.486 e. The molecule has 2 aromatic carbocycles. The van der Waals surface area contributed by atoms with E-state index in [9.17, 15) is 19.7 Å². The minimum absolute atomic E-state index is 0.0419. The number of benzene rings is 2. The van der Waals surface area contributed by atoms with E-state index >= 15 is 0 Å². The first-order chi connectivity index (χ1) is 16.4. The summed E-state index contributed by atoms with van der Waals surface area (Å²) in [6.45, 7) is 1.15. The van der Waals surface area contributed by atoms with E-state index in [0.29, 0.717) is 39.8 Å². The maximum atomic E-state index is 13.0. The molecule has 2 aromatic heterocycles. The zero-order chi connectivity index (χ0) is 23.8. The molecular formula is C22H17N3O7S2. The molecule has 0 N–H and O–H groups in total. The van der Waals surface area contributed by atoms with Crippen molar-refractivity contribution in [2.75, 3.05) is 20.3 Å². The molecule has 0 radical (unpaired) electrons. The molecule has 0 unspecified atom stereocenters.